The van der Waals surface area contributed by atoms with Crippen LogP contribution in [0, 0.1) is 0 Å². The Morgan fingerprint density at radius 3 is 1.93 bits per heavy atom. The van der Waals surface area contributed by atoms with Gasteiger partial charge in [0, 0.05) is 0 Å². The Hall–Kier alpha value is 0.820. The van der Waals surface area contributed by atoms with Crippen LogP contribution in [0.3, 0.4) is 0 Å². The van der Waals surface area contributed by atoms with Crippen molar-refractivity contribution in [1.29, 1.82) is 0 Å². The molecule has 0 aromatic carbocycles. The molecule has 4 nitrogen and oxygen atoms in total. The maximum absolute atomic E-state index is 10.6. The summed E-state index contributed by atoms with van der Waals surface area (Å²) in [6.45, 7) is 2.51. The minimum Gasteiger partial charge on any atom is -0.766 e. The third kappa shape index (κ3) is 18.6. The standard InChI is InChI=1S/C4H10O2.CHF3O2S.Na/c1-2-3-4-6-5;2-1(3,4)7(5)6;/h5H,2-4H2,1H3;(H,5,6);/q;;+1/p-1. The van der Waals surface area contributed by atoms with Gasteiger partial charge in [-0.1, -0.05) is 13.3 Å². The molecule has 0 aliphatic carbocycles. The second kappa shape index (κ2) is 11.9. The molecule has 1 unspecified atom stereocenters. The average molecular weight is 246 g/mol. The molecule has 0 fully saturated rings. The summed E-state index contributed by atoms with van der Waals surface area (Å²) in [7, 11) is 0. The molecule has 0 heterocycles. The van der Waals surface area contributed by atoms with Crippen LogP contribution in [0.1, 0.15) is 19.8 Å². The zero-order valence-corrected chi connectivity index (χ0v) is 10.7. The van der Waals surface area contributed by atoms with Crippen LogP contribution in [-0.2, 0) is 16.0 Å². The molecule has 9 heteroatoms. The van der Waals surface area contributed by atoms with Gasteiger partial charge in [0.1, 0.15) is 0 Å². The van der Waals surface area contributed by atoms with Crippen LogP contribution in [0.5, 0.6) is 0 Å². The predicted octanol–water partition coefficient (Wildman–Crippen LogP) is -1.33. The van der Waals surface area contributed by atoms with Crippen LogP contribution >= 0.6 is 0 Å². The van der Waals surface area contributed by atoms with E-state index < -0.39 is 16.6 Å². The van der Waals surface area contributed by atoms with Crippen LogP contribution in [-0.4, -0.2) is 26.1 Å². The molecular weight excluding hydrogens is 236 g/mol. The first-order valence-electron chi connectivity index (χ1n) is 3.28. The molecule has 1 N–H and O–H groups in total. The Morgan fingerprint density at radius 2 is 1.86 bits per heavy atom. The van der Waals surface area contributed by atoms with E-state index in [1.54, 1.807) is 0 Å². The average Bonchev–Trinajstić information content (AvgIpc) is 2.00. The van der Waals surface area contributed by atoms with Crippen LogP contribution in [0.2, 0.25) is 0 Å². The fourth-order valence-corrected chi connectivity index (χ4v) is 0.209. The molecule has 0 aliphatic rings. The molecule has 0 rings (SSSR count). The van der Waals surface area contributed by atoms with Crippen LogP contribution in [0.25, 0.3) is 0 Å². The van der Waals surface area contributed by atoms with Crippen LogP contribution in [0.4, 0.5) is 13.2 Å². The fraction of sp³-hybridized carbons (Fsp3) is 1.00. The van der Waals surface area contributed by atoms with Crippen molar-refractivity contribution >= 4 is 11.1 Å². The van der Waals surface area contributed by atoms with Crippen molar-refractivity contribution < 1.29 is 61.6 Å². The molecule has 0 bridgehead atoms. The van der Waals surface area contributed by atoms with Gasteiger partial charge in [0.2, 0.25) is 0 Å². The summed E-state index contributed by atoms with van der Waals surface area (Å²) in [5.41, 5.74) is -5.08. The summed E-state index contributed by atoms with van der Waals surface area (Å²) in [5.74, 6) is 0. The van der Waals surface area contributed by atoms with E-state index in [9.17, 15) is 13.2 Å². The Bertz CT molecular complexity index is 139. The first-order chi connectivity index (χ1) is 5.86. The van der Waals surface area contributed by atoms with Gasteiger partial charge in [-0.2, -0.15) is 13.2 Å². The van der Waals surface area contributed by atoms with E-state index in [4.69, 9.17) is 14.0 Å². The van der Waals surface area contributed by atoms with Gasteiger partial charge in [0.15, 0.2) is 0 Å². The van der Waals surface area contributed by atoms with Gasteiger partial charge >= 0.3 is 35.1 Å². The zero-order valence-electron chi connectivity index (χ0n) is 7.84. The smallest absolute Gasteiger partial charge is 0.766 e. The third-order valence-corrected chi connectivity index (χ3v) is 1.16. The summed E-state index contributed by atoms with van der Waals surface area (Å²) < 4.78 is 49.5. The Kier molecular flexibility index (Phi) is 17.2. The first kappa shape index (κ1) is 20.3. The molecule has 82 valence electrons. The van der Waals surface area contributed by atoms with E-state index in [-0.39, 0.29) is 29.6 Å². The first-order valence-corrected chi connectivity index (χ1v) is 4.36. The second-order valence-corrected chi connectivity index (χ2v) is 2.80. The third-order valence-electron chi connectivity index (χ3n) is 0.778. The van der Waals surface area contributed by atoms with Crippen molar-refractivity contribution in [3.05, 3.63) is 0 Å². The minimum atomic E-state index is -5.08. The number of halogens is 3. The van der Waals surface area contributed by atoms with Gasteiger partial charge < -0.3 is 4.55 Å². The molecule has 0 amide bonds. The molecule has 1 atom stereocenters. The summed E-state index contributed by atoms with van der Waals surface area (Å²) in [6, 6.07) is 0. The molecule has 0 saturated carbocycles. The molecule has 0 aromatic rings. The molecular formula is C5H10F3NaO4S. The monoisotopic (exact) mass is 246 g/mol. The molecule has 0 aliphatic heterocycles. The number of hydrogen-bond donors (Lipinski definition) is 1. The normalized spacial score (nSPS) is 12.1. The Morgan fingerprint density at radius 1 is 1.50 bits per heavy atom. The van der Waals surface area contributed by atoms with E-state index in [1.165, 1.54) is 0 Å². The molecule has 0 aromatic heterocycles. The van der Waals surface area contributed by atoms with Gasteiger partial charge in [0.25, 0.3) is 0 Å². The maximum atomic E-state index is 10.6. The van der Waals surface area contributed by atoms with Crippen molar-refractivity contribution in [2.24, 2.45) is 0 Å². The van der Waals surface area contributed by atoms with E-state index >= 15 is 0 Å². The maximum Gasteiger partial charge on any atom is 1.00 e. The van der Waals surface area contributed by atoms with E-state index in [0.29, 0.717) is 6.61 Å². The van der Waals surface area contributed by atoms with Gasteiger partial charge in [-0.05, 0) is 6.42 Å². The van der Waals surface area contributed by atoms with Gasteiger partial charge in [-0.25, -0.2) is 4.89 Å². The van der Waals surface area contributed by atoms with E-state index in [0.717, 1.165) is 12.8 Å². The number of rotatable bonds is 3. The topological polar surface area (TPSA) is 69.6 Å². The van der Waals surface area contributed by atoms with Crippen LogP contribution in [0.15, 0.2) is 0 Å². The van der Waals surface area contributed by atoms with E-state index in [2.05, 4.69) is 4.89 Å². The van der Waals surface area contributed by atoms with E-state index in [1.807, 2.05) is 6.92 Å². The summed E-state index contributed by atoms with van der Waals surface area (Å²) >= 11 is -3.93. The Balaban J connectivity index is -0.000000163. The van der Waals surface area contributed by atoms with Crippen molar-refractivity contribution in [3.63, 3.8) is 0 Å². The van der Waals surface area contributed by atoms with Crippen molar-refractivity contribution in [2.75, 3.05) is 6.61 Å². The summed E-state index contributed by atoms with van der Waals surface area (Å²) in [5, 5.41) is 7.70. The largest absolute Gasteiger partial charge is 1.00 e. The van der Waals surface area contributed by atoms with Crippen molar-refractivity contribution in [1.82, 2.24) is 0 Å². The number of unbranched alkanes of at least 4 members (excludes halogenated alkanes) is 1. The number of hydrogen-bond acceptors (Lipinski definition) is 4. The molecule has 14 heavy (non-hydrogen) atoms. The fourth-order valence-electron chi connectivity index (χ4n) is 0.209. The molecule has 0 radical (unpaired) electrons. The minimum absolute atomic E-state index is 0. The molecule has 0 spiro atoms. The Labute approximate surface area is 104 Å². The summed E-state index contributed by atoms with van der Waals surface area (Å²) in [4.78, 5) is 3.78. The van der Waals surface area contributed by atoms with Crippen molar-refractivity contribution in [2.45, 2.75) is 25.3 Å². The van der Waals surface area contributed by atoms with Crippen molar-refractivity contribution in [3.8, 4) is 0 Å². The van der Waals surface area contributed by atoms with Gasteiger partial charge in [0.05, 0.1) is 17.7 Å². The predicted molar refractivity (Wildman–Crippen MR) is 38.5 cm³/mol. The number of alkyl halides is 3. The van der Waals surface area contributed by atoms with Gasteiger partial charge in [-0.15, -0.1) is 0 Å². The summed E-state index contributed by atoms with van der Waals surface area (Å²) in [6.07, 6.45) is 2.01. The van der Waals surface area contributed by atoms with Crippen LogP contribution < -0.4 is 29.6 Å². The zero-order chi connectivity index (χ0) is 10.9. The van der Waals surface area contributed by atoms with Gasteiger partial charge in [-0.3, -0.25) is 9.47 Å². The quantitative estimate of drug-likeness (QED) is 0.220. The second-order valence-electron chi connectivity index (χ2n) is 1.87. The molecule has 0 saturated heterocycles. The SMILES string of the molecule is CCCCOO.O=S([O-])C(F)(F)F.[Na+].